The highest BCUT2D eigenvalue weighted by atomic mass is 35.5. The molecule has 0 amide bonds. The van der Waals surface area contributed by atoms with Crippen molar-refractivity contribution in [3.05, 3.63) is 0 Å². The van der Waals surface area contributed by atoms with Crippen LogP contribution in [0.2, 0.25) is 0 Å². The average Bonchev–Trinajstić information content (AvgIpc) is 1.69. The number of hydrogen-bond acceptors (Lipinski definition) is 2. The summed E-state index contributed by atoms with van der Waals surface area (Å²) < 4.78 is 0. The van der Waals surface area contributed by atoms with E-state index in [-0.39, 0.29) is 0 Å². The molecule has 40 valence electrons. The van der Waals surface area contributed by atoms with Gasteiger partial charge in [0.25, 0.3) is 0 Å². The Labute approximate surface area is 47.9 Å². The van der Waals surface area contributed by atoms with Gasteiger partial charge in [0.05, 0.1) is 12.6 Å². The Balaban J connectivity index is 3.10. The van der Waals surface area contributed by atoms with Crippen molar-refractivity contribution in [3.63, 3.8) is 0 Å². The number of halogens is 1. The summed E-state index contributed by atoms with van der Waals surface area (Å²) in [6, 6.07) is 2.41. The molecule has 7 heavy (non-hydrogen) atoms. The fourth-order valence-corrected chi connectivity index (χ4v) is 0.247. The lowest BCUT2D eigenvalue weighted by atomic mass is 10.8. The molecule has 0 rings (SSSR count). The lowest BCUT2D eigenvalue weighted by Crippen LogP contribution is -1.75. The van der Waals surface area contributed by atoms with Gasteiger partial charge in [0, 0.05) is 12.9 Å². The molecule has 0 aromatic heterocycles. The first kappa shape index (κ1) is 6.67. The van der Waals surface area contributed by atoms with Crippen LogP contribution in [-0.2, 0) is 0 Å². The van der Waals surface area contributed by atoms with Gasteiger partial charge in [0.1, 0.15) is 0 Å². The quantitative estimate of drug-likeness (QED) is 0.382. The molecule has 0 saturated heterocycles. The fraction of sp³-hybridized carbons (Fsp3) is 0.750. The standard InChI is InChI=1S/C4H7ClN2/c1-6-4-7-3-2-5/h2-3H2,1H3. The van der Waals surface area contributed by atoms with Crippen LogP contribution in [0.5, 0.6) is 0 Å². The first-order valence-corrected chi connectivity index (χ1v) is 2.51. The molecule has 0 aliphatic rings. The molecule has 2 nitrogen and oxygen atoms in total. The highest BCUT2D eigenvalue weighted by Crippen LogP contribution is 1.71. The van der Waals surface area contributed by atoms with Crippen LogP contribution < -0.4 is 0 Å². The highest BCUT2D eigenvalue weighted by molar-refractivity contribution is 6.18. The van der Waals surface area contributed by atoms with Gasteiger partial charge < -0.3 is 0 Å². The molecule has 0 atom stereocenters. The molecule has 0 aliphatic heterocycles. The Bertz CT molecular complexity index is 83.7. The molecule has 0 aromatic carbocycles. The van der Waals surface area contributed by atoms with Crippen molar-refractivity contribution >= 4 is 17.6 Å². The monoisotopic (exact) mass is 118 g/mol. The van der Waals surface area contributed by atoms with Gasteiger partial charge in [0.2, 0.25) is 0 Å². The van der Waals surface area contributed by atoms with Crippen molar-refractivity contribution in [2.45, 2.75) is 0 Å². The maximum atomic E-state index is 5.26. The predicted octanol–water partition coefficient (Wildman–Crippen LogP) is 1.03. The zero-order valence-corrected chi connectivity index (χ0v) is 4.94. The molecule has 0 aliphatic carbocycles. The van der Waals surface area contributed by atoms with Gasteiger partial charge in [-0.05, 0) is 0 Å². The van der Waals surface area contributed by atoms with E-state index in [9.17, 15) is 0 Å². The van der Waals surface area contributed by atoms with Gasteiger partial charge in [-0.25, -0.2) is 9.98 Å². The first-order chi connectivity index (χ1) is 3.41. The second kappa shape index (κ2) is 5.67. The summed E-state index contributed by atoms with van der Waals surface area (Å²) in [6.07, 6.45) is 0. The SMILES string of the molecule is CN=C=NCCCl. The second-order valence-electron chi connectivity index (χ2n) is 0.894. The van der Waals surface area contributed by atoms with Crippen molar-refractivity contribution in [1.82, 2.24) is 0 Å². The van der Waals surface area contributed by atoms with Gasteiger partial charge >= 0.3 is 0 Å². The molecular weight excluding hydrogens is 112 g/mol. The molecule has 3 heteroatoms. The minimum absolute atomic E-state index is 0.544. The summed E-state index contributed by atoms with van der Waals surface area (Å²) in [5, 5.41) is 0. The second-order valence-corrected chi connectivity index (χ2v) is 1.27. The Morgan fingerprint density at radius 1 is 1.71 bits per heavy atom. The van der Waals surface area contributed by atoms with Crippen LogP contribution in [-0.4, -0.2) is 25.5 Å². The van der Waals surface area contributed by atoms with E-state index >= 15 is 0 Å². The maximum absolute atomic E-state index is 5.26. The van der Waals surface area contributed by atoms with Gasteiger partial charge in [-0.15, -0.1) is 11.6 Å². The van der Waals surface area contributed by atoms with E-state index in [1.165, 1.54) is 0 Å². The number of hydrogen-bond donors (Lipinski definition) is 0. The first-order valence-electron chi connectivity index (χ1n) is 1.98. The summed E-state index contributed by atoms with van der Waals surface area (Å²) in [5.74, 6) is 0.544. The van der Waals surface area contributed by atoms with Crippen LogP contribution in [0, 0.1) is 0 Å². The normalized spacial score (nSPS) is 7.14. The molecule has 0 N–H and O–H groups in total. The molecular formula is C4H7ClN2. The molecule has 0 fully saturated rings. The van der Waals surface area contributed by atoms with Crippen LogP contribution in [0.15, 0.2) is 9.98 Å². The Hall–Kier alpha value is -0.330. The number of rotatable bonds is 2. The summed E-state index contributed by atoms with van der Waals surface area (Å²) in [7, 11) is 1.62. The summed E-state index contributed by atoms with van der Waals surface area (Å²) in [5.41, 5.74) is 0. The summed E-state index contributed by atoms with van der Waals surface area (Å²) in [4.78, 5) is 7.16. The third-order valence-corrected chi connectivity index (χ3v) is 0.536. The van der Waals surface area contributed by atoms with Gasteiger partial charge in [0.15, 0.2) is 0 Å². The molecule has 0 heterocycles. The third-order valence-electron chi connectivity index (χ3n) is 0.367. The zero-order chi connectivity index (χ0) is 5.54. The van der Waals surface area contributed by atoms with Crippen molar-refractivity contribution < 1.29 is 0 Å². The van der Waals surface area contributed by atoms with E-state index in [0.717, 1.165) is 0 Å². The molecule has 0 unspecified atom stereocenters. The van der Waals surface area contributed by atoms with Gasteiger partial charge in [-0.1, -0.05) is 0 Å². The van der Waals surface area contributed by atoms with Crippen LogP contribution >= 0.6 is 11.6 Å². The Kier molecular flexibility index (Phi) is 5.40. The van der Waals surface area contributed by atoms with E-state index in [2.05, 4.69) is 16.0 Å². The van der Waals surface area contributed by atoms with Crippen molar-refractivity contribution in [1.29, 1.82) is 0 Å². The lowest BCUT2D eigenvalue weighted by molar-refractivity contribution is 1.15. The Morgan fingerprint density at radius 3 is 2.86 bits per heavy atom. The van der Waals surface area contributed by atoms with E-state index in [1.54, 1.807) is 7.05 Å². The Morgan fingerprint density at radius 2 is 2.43 bits per heavy atom. The molecule has 0 radical (unpaired) electrons. The number of aliphatic imine (C=N–C) groups is 2. The molecule has 0 saturated carbocycles. The third kappa shape index (κ3) is 5.67. The van der Waals surface area contributed by atoms with E-state index in [1.807, 2.05) is 0 Å². The average molecular weight is 119 g/mol. The minimum atomic E-state index is 0.544. The van der Waals surface area contributed by atoms with Crippen LogP contribution in [0.4, 0.5) is 0 Å². The fourth-order valence-electron chi connectivity index (χ4n) is 0.163. The van der Waals surface area contributed by atoms with Crippen LogP contribution in [0.1, 0.15) is 0 Å². The smallest absolute Gasteiger partial charge is 0.0890 e. The summed E-state index contributed by atoms with van der Waals surface area (Å²) in [6.45, 7) is 0.610. The largest absolute Gasteiger partial charge is 0.229 e. The topological polar surface area (TPSA) is 24.7 Å². The number of nitrogens with zero attached hydrogens (tertiary/aromatic N) is 2. The maximum Gasteiger partial charge on any atom is 0.0890 e. The molecule has 0 aromatic rings. The highest BCUT2D eigenvalue weighted by Gasteiger charge is 1.67. The zero-order valence-electron chi connectivity index (χ0n) is 4.19. The van der Waals surface area contributed by atoms with Crippen LogP contribution in [0.3, 0.4) is 0 Å². The molecule has 0 spiro atoms. The number of alkyl halides is 1. The predicted molar refractivity (Wildman–Crippen MR) is 31.4 cm³/mol. The van der Waals surface area contributed by atoms with E-state index < -0.39 is 0 Å². The van der Waals surface area contributed by atoms with E-state index in [4.69, 9.17) is 11.6 Å². The van der Waals surface area contributed by atoms with Crippen molar-refractivity contribution in [3.8, 4) is 0 Å². The van der Waals surface area contributed by atoms with Gasteiger partial charge in [-0.2, -0.15) is 0 Å². The van der Waals surface area contributed by atoms with Crippen molar-refractivity contribution in [2.75, 3.05) is 19.5 Å². The minimum Gasteiger partial charge on any atom is -0.229 e. The van der Waals surface area contributed by atoms with E-state index in [0.29, 0.717) is 12.4 Å². The summed E-state index contributed by atoms with van der Waals surface area (Å²) >= 11 is 5.26. The molecule has 0 bridgehead atoms. The van der Waals surface area contributed by atoms with Gasteiger partial charge in [-0.3, -0.25) is 0 Å². The lowest BCUT2D eigenvalue weighted by Gasteiger charge is -1.72. The van der Waals surface area contributed by atoms with Crippen LogP contribution in [0.25, 0.3) is 0 Å². The van der Waals surface area contributed by atoms with Crippen molar-refractivity contribution in [2.24, 2.45) is 9.98 Å².